The van der Waals surface area contributed by atoms with Gasteiger partial charge in [0.1, 0.15) is 5.75 Å². The number of aromatic nitrogens is 1. The second-order valence-corrected chi connectivity index (χ2v) is 6.63. The normalized spacial score (nSPS) is 16.2. The third-order valence-electron chi connectivity index (χ3n) is 4.77. The predicted molar refractivity (Wildman–Crippen MR) is 110 cm³/mol. The summed E-state index contributed by atoms with van der Waals surface area (Å²) in [6.07, 6.45) is 10.2. The van der Waals surface area contributed by atoms with Gasteiger partial charge >= 0.3 is 0 Å². The summed E-state index contributed by atoms with van der Waals surface area (Å²) >= 11 is 0. The predicted octanol–water partition coefficient (Wildman–Crippen LogP) is 3.63. The number of fused-ring (bicyclic) bond motifs is 1. The molecular formula is C22H24N4O. The van der Waals surface area contributed by atoms with E-state index in [0.29, 0.717) is 0 Å². The van der Waals surface area contributed by atoms with Crippen molar-refractivity contribution >= 4 is 16.5 Å². The van der Waals surface area contributed by atoms with Crippen LogP contribution in [-0.2, 0) is 6.42 Å². The summed E-state index contributed by atoms with van der Waals surface area (Å²) in [5.41, 5.74) is 5.92. The van der Waals surface area contributed by atoms with Crippen LogP contribution < -0.4 is 20.5 Å². The third-order valence-corrected chi connectivity index (χ3v) is 4.77. The highest BCUT2D eigenvalue weighted by atomic mass is 16.5. The summed E-state index contributed by atoms with van der Waals surface area (Å²) in [6.45, 7) is 0.950. The van der Waals surface area contributed by atoms with Gasteiger partial charge in [-0.2, -0.15) is 0 Å². The largest absolute Gasteiger partial charge is 0.497 e. The molecule has 0 fully saturated rings. The van der Waals surface area contributed by atoms with E-state index in [2.05, 4.69) is 63.3 Å². The van der Waals surface area contributed by atoms with Gasteiger partial charge in [-0.05, 0) is 66.7 Å². The first-order chi connectivity index (χ1) is 13.3. The molecule has 0 saturated heterocycles. The van der Waals surface area contributed by atoms with Crippen LogP contribution >= 0.6 is 0 Å². The number of hydrazine groups is 1. The topological polar surface area (TPSA) is 49.4 Å². The van der Waals surface area contributed by atoms with Gasteiger partial charge in [-0.3, -0.25) is 15.3 Å². The lowest BCUT2D eigenvalue weighted by atomic mass is 10.1. The Morgan fingerprint density at radius 2 is 2.00 bits per heavy atom. The fourth-order valence-corrected chi connectivity index (χ4v) is 3.25. The van der Waals surface area contributed by atoms with Gasteiger partial charge in [0, 0.05) is 24.0 Å². The Balaban J connectivity index is 1.25. The van der Waals surface area contributed by atoms with Gasteiger partial charge in [0.25, 0.3) is 0 Å². The van der Waals surface area contributed by atoms with Crippen molar-refractivity contribution in [1.29, 1.82) is 0 Å². The SMILES string of the molecule is COc1ccc(CCCNC2C=CN(c3ccc4cnccc4c3)N2)cc1. The van der Waals surface area contributed by atoms with E-state index in [-0.39, 0.29) is 6.17 Å². The van der Waals surface area contributed by atoms with Crippen LogP contribution in [0, 0.1) is 0 Å². The molecule has 0 bridgehead atoms. The standard InChI is InChI=1S/C22H24N4O/c1-27-21-8-4-17(5-9-21)3-2-12-24-22-11-14-26(25-22)20-7-6-19-16-23-13-10-18(19)15-20/h4-11,13-16,22,24-25H,2-3,12H2,1H3. The molecule has 2 N–H and O–H groups in total. The molecule has 1 atom stereocenters. The van der Waals surface area contributed by atoms with Gasteiger partial charge < -0.3 is 4.74 Å². The monoisotopic (exact) mass is 360 g/mol. The summed E-state index contributed by atoms with van der Waals surface area (Å²) < 4.78 is 5.20. The number of rotatable bonds is 7. The lowest BCUT2D eigenvalue weighted by molar-refractivity contribution is 0.414. The molecule has 3 aromatic rings. The summed E-state index contributed by atoms with van der Waals surface area (Å²) in [5.74, 6) is 0.905. The van der Waals surface area contributed by atoms with E-state index in [9.17, 15) is 0 Å². The summed E-state index contributed by atoms with van der Waals surface area (Å²) in [4.78, 5) is 4.16. The number of anilines is 1. The molecule has 5 nitrogen and oxygen atoms in total. The molecule has 1 aliphatic rings. The van der Waals surface area contributed by atoms with Crippen molar-refractivity contribution < 1.29 is 4.74 Å². The van der Waals surface area contributed by atoms with Crippen molar-refractivity contribution in [3.05, 3.63) is 78.8 Å². The average molecular weight is 360 g/mol. The van der Waals surface area contributed by atoms with Crippen molar-refractivity contribution in [3.63, 3.8) is 0 Å². The van der Waals surface area contributed by atoms with Crippen molar-refractivity contribution in [1.82, 2.24) is 15.7 Å². The lowest BCUT2D eigenvalue weighted by Gasteiger charge is -2.21. The van der Waals surface area contributed by atoms with Gasteiger partial charge in [0.2, 0.25) is 0 Å². The molecular weight excluding hydrogens is 336 g/mol. The van der Waals surface area contributed by atoms with Crippen LogP contribution in [0.3, 0.4) is 0 Å². The van der Waals surface area contributed by atoms with E-state index in [1.807, 2.05) is 30.6 Å². The summed E-state index contributed by atoms with van der Waals surface area (Å²) in [7, 11) is 1.69. The van der Waals surface area contributed by atoms with Gasteiger partial charge in [0.15, 0.2) is 0 Å². The second-order valence-electron chi connectivity index (χ2n) is 6.63. The van der Waals surface area contributed by atoms with Crippen LogP contribution in [0.15, 0.2) is 73.2 Å². The average Bonchev–Trinajstić information content (AvgIpc) is 3.20. The Kier molecular flexibility index (Phi) is 5.32. The molecule has 0 radical (unpaired) electrons. The molecule has 1 aromatic heterocycles. The van der Waals surface area contributed by atoms with E-state index in [4.69, 9.17) is 4.74 Å². The molecule has 138 valence electrons. The summed E-state index contributed by atoms with van der Waals surface area (Å²) in [5, 5.41) is 7.93. The lowest BCUT2D eigenvalue weighted by Crippen LogP contribution is -2.44. The first-order valence-electron chi connectivity index (χ1n) is 9.26. The van der Waals surface area contributed by atoms with Crippen LogP contribution in [0.2, 0.25) is 0 Å². The fourth-order valence-electron chi connectivity index (χ4n) is 3.25. The highest BCUT2D eigenvalue weighted by Gasteiger charge is 2.15. The molecule has 27 heavy (non-hydrogen) atoms. The maximum Gasteiger partial charge on any atom is 0.118 e. The number of hydrogen-bond donors (Lipinski definition) is 2. The molecule has 1 unspecified atom stereocenters. The highest BCUT2D eigenvalue weighted by Crippen LogP contribution is 2.22. The number of nitrogens with one attached hydrogen (secondary N) is 2. The van der Waals surface area contributed by atoms with E-state index in [1.54, 1.807) is 7.11 Å². The van der Waals surface area contributed by atoms with Crippen LogP contribution in [0.4, 0.5) is 5.69 Å². The van der Waals surface area contributed by atoms with Crippen molar-refractivity contribution in [2.24, 2.45) is 0 Å². The quantitative estimate of drug-likeness (QED) is 0.630. The molecule has 0 aliphatic carbocycles. The number of benzene rings is 2. The van der Waals surface area contributed by atoms with E-state index in [1.165, 1.54) is 10.9 Å². The Hall–Kier alpha value is -2.89. The van der Waals surface area contributed by atoms with Gasteiger partial charge in [0.05, 0.1) is 19.0 Å². The number of nitrogens with zero attached hydrogens (tertiary/aromatic N) is 2. The van der Waals surface area contributed by atoms with Gasteiger partial charge in [-0.15, -0.1) is 0 Å². The Bertz CT molecular complexity index is 923. The number of hydrogen-bond acceptors (Lipinski definition) is 5. The highest BCUT2D eigenvalue weighted by molar-refractivity contribution is 5.85. The Labute approximate surface area is 159 Å². The molecule has 1 aliphatic heterocycles. The van der Waals surface area contributed by atoms with Crippen LogP contribution in [0.5, 0.6) is 5.75 Å². The number of pyridine rings is 1. The smallest absolute Gasteiger partial charge is 0.118 e. The van der Waals surface area contributed by atoms with Crippen molar-refractivity contribution in [3.8, 4) is 5.75 Å². The third kappa shape index (κ3) is 4.27. The van der Waals surface area contributed by atoms with Crippen LogP contribution in [0.25, 0.3) is 10.8 Å². The first-order valence-corrected chi connectivity index (χ1v) is 9.26. The Morgan fingerprint density at radius 3 is 2.85 bits per heavy atom. The minimum Gasteiger partial charge on any atom is -0.497 e. The van der Waals surface area contributed by atoms with Crippen molar-refractivity contribution in [2.75, 3.05) is 18.7 Å². The zero-order chi connectivity index (χ0) is 18.5. The molecule has 5 heteroatoms. The molecule has 0 amide bonds. The maximum atomic E-state index is 5.20. The molecule has 0 saturated carbocycles. The van der Waals surface area contributed by atoms with Gasteiger partial charge in [-0.25, -0.2) is 5.43 Å². The minimum absolute atomic E-state index is 0.147. The molecule has 2 heterocycles. The molecule has 0 spiro atoms. The van der Waals surface area contributed by atoms with Gasteiger partial charge in [-0.1, -0.05) is 18.2 Å². The second kappa shape index (κ2) is 8.20. The maximum absolute atomic E-state index is 5.20. The van der Waals surface area contributed by atoms with Crippen LogP contribution in [-0.4, -0.2) is 24.8 Å². The van der Waals surface area contributed by atoms with E-state index >= 15 is 0 Å². The zero-order valence-corrected chi connectivity index (χ0v) is 15.4. The Morgan fingerprint density at radius 1 is 1.11 bits per heavy atom. The fraction of sp³-hybridized carbons (Fsp3) is 0.227. The minimum atomic E-state index is 0.147. The number of ether oxygens (including phenoxy) is 1. The summed E-state index contributed by atoms with van der Waals surface area (Å²) in [6, 6.07) is 16.7. The first kappa shape index (κ1) is 17.5. The van der Waals surface area contributed by atoms with E-state index in [0.717, 1.165) is 36.2 Å². The number of methoxy groups -OCH3 is 1. The number of aryl methyl sites for hydroxylation is 1. The van der Waals surface area contributed by atoms with Crippen molar-refractivity contribution in [2.45, 2.75) is 19.0 Å². The molecule has 4 rings (SSSR count). The molecule has 2 aromatic carbocycles. The van der Waals surface area contributed by atoms with Crippen LogP contribution in [0.1, 0.15) is 12.0 Å². The van der Waals surface area contributed by atoms with E-state index < -0.39 is 0 Å². The zero-order valence-electron chi connectivity index (χ0n) is 15.4.